The maximum atomic E-state index is 4.27. The monoisotopic (exact) mass is 285 g/mol. The third-order valence-corrected chi connectivity index (χ3v) is 2.65. The lowest BCUT2D eigenvalue weighted by atomic mass is 10.2. The predicted octanol–water partition coefficient (Wildman–Crippen LogP) is 2.38. The normalized spacial score (nSPS) is 10.3. The highest BCUT2D eigenvalue weighted by atomic mass is 127. The van der Waals surface area contributed by atoms with E-state index in [2.05, 4.69) is 37.8 Å². The fraction of sp³-hybridized carbons (Fsp3) is 0.111. The zero-order valence-corrected chi connectivity index (χ0v) is 9.24. The van der Waals surface area contributed by atoms with Crippen LogP contribution >= 0.6 is 22.6 Å². The molecule has 66 valence electrons. The smallest absolute Gasteiger partial charge is 0.182 e. The number of benzene rings is 1. The zero-order chi connectivity index (χ0) is 9.26. The molecule has 1 aromatic heterocycles. The average Bonchev–Trinajstić information content (AvgIpc) is 2.53. The Morgan fingerprint density at radius 3 is 2.69 bits per heavy atom. The molecule has 0 radical (unpaired) electrons. The molecule has 13 heavy (non-hydrogen) atoms. The van der Waals surface area contributed by atoms with Gasteiger partial charge in [0.25, 0.3) is 0 Å². The number of aromatic nitrogens is 3. The number of nitrogens with one attached hydrogen (secondary N) is 1. The summed E-state index contributed by atoms with van der Waals surface area (Å²) in [5.74, 6) is 1.61. The highest BCUT2D eigenvalue weighted by Crippen LogP contribution is 2.20. The number of hydrogen-bond acceptors (Lipinski definition) is 2. The summed E-state index contributed by atoms with van der Waals surface area (Å²) in [5, 5.41) is 6.94. The van der Waals surface area contributed by atoms with Gasteiger partial charge in [0.1, 0.15) is 5.82 Å². The third kappa shape index (κ3) is 1.72. The lowest BCUT2D eigenvalue weighted by molar-refractivity contribution is 1.04. The Hall–Kier alpha value is -0.910. The molecule has 1 heterocycles. The molecule has 0 unspecified atom stereocenters. The highest BCUT2D eigenvalue weighted by Gasteiger charge is 2.05. The van der Waals surface area contributed by atoms with Crippen LogP contribution in [0.1, 0.15) is 5.82 Å². The van der Waals surface area contributed by atoms with Crippen LogP contribution in [-0.2, 0) is 0 Å². The Labute approximate surface area is 89.7 Å². The lowest BCUT2D eigenvalue weighted by Gasteiger charge is -1.96. The predicted molar refractivity (Wildman–Crippen MR) is 59.3 cm³/mol. The van der Waals surface area contributed by atoms with E-state index in [1.165, 1.54) is 3.57 Å². The molecule has 0 bridgehead atoms. The molecule has 0 aliphatic heterocycles. The minimum Gasteiger partial charge on any atom is -0.263 e. The highest BCUT2D eigenvalue weighted by molar-refractivity contribution is 14.1. The van der Waals surface area contributed by atoms with Crippen molar-refractivity contribution in [2.45, 2.75) is 6.92 Å². The molecule has 3 nitrogen and oxygen atoms in total. The van der Waals surface area contributed by atoms with Crippen molar-refractivity contribution >= 4 is 22.6 Å². The fourth-order valence-corrected chi connectivity index (χ4v) is 1.73. The van der Waals surface area contributed by atoms with Crippen molar-refractivity contribution in [1.29, 1.82) is 0 Å². The minimum atomic E-state index is 0.766. The molecule has 0 saturated heterocycles. The second-order valence-corrected chi connectivity index (χ2v) is 3.89. The summed E-state index contributed by atoms with van der Waals surface area (Å²) in [4.78, 5) is 4.27. The van der Waals surface area contributed by atoms with Gasteiger partial charge >= 0.3 is 0 Å². The third-order valence-electron chi connectivity index (χ3n) is 1.71. The van der Waals surface area contributed by atoms with E-state index < -0.39 is 0 Å². The van der Waals surface area contributed by atoms with E-state index in [0.29, 0.717) is 0 Å². The van der Waals surface area contributed by atoms with Gasteiger partial charge in [0.15, 0.2) is 5.82 Å². The molecule has 1 aromatic carbocycles. The molecule has 0 fully saturated rings. The number of rotatable bonds is 1. The van der Waals surface area contributed by atoms with Gasteiger partial charge in [-0.1, -0.05) is 18.2 Å². The molecule has 0 saturated carbocycles. The van der Waals surface area contributed by atoms with Gasteiger partial charge in [0.05, 0.1) is 0 Å². The van der Waals surface area contributed by atoms with E-state index in [9.17, 15) is 0 Å². The first kappa shape index (κ1) is 8.68. The Bertz CT molecular complexity index is 422. The van der Waals surface area contributed by atoms with Crippen LogP contribution in [0.2, 0.25) is 0 Å². The van der Waals surface area contributed by atoms with Crippen LogP contribution in [0.4, 0.5) is 0 Å². The van der Waals surface area contributed by atoms with Crippen molar-refractivity contribution in [2.24, 2.45) is 0 Å². The van der Waals surface area contributed by atoms with E-state index >= 15 is 0 Å². The quantitative estimate of drug-likeness (QED) is 0.817. The summed E-state index contributed by atoms with van der Waals surface area (Å²) in [7, 11) is 0. The zero-order valence-electron chi connectivity index (χ0n) is 7.08. The summed E-state index contributed by atoms with van der Waals surface area (Å²) in [6.45, 7) is 1.90. The Morgan fingerprint density at radius 1 is 1.31 bits per heavy atom. The van der Waals surface area contributed by atoms with Crippen molar-refractivity contribution in [3.8, 4) is 11.4 Å². The first-order chi connectivity index (χ1) is 6.27. The van der Waals surface area contributed by atoms with Crippen LogP contribution < -0.4 is 0 Å². The van der Waals surface area contributed by atoms with Crippen LogP contribution in [-0.4, -0.2) is 15.2 Å². The number of aromatic amines is 1. The van der Waals surface area contributed by atoms with Crippen LogP contribution in [0.5, 0.6) is 0 Å². The number of nitrogens with zero attached hydrogens (tertiary/aromatic N) is 2. The lowest BCUT2D eigenvalue weighted by Crippen LogP contribution is -1.84. The summed E-state index contributed by atoms with van der Waals surface area (Å²) in [5.41, 5.74) is 1.08. The van der Waals surface area contributed by atoms with Crippen LogP contribution in [0.25, 0.3) is 11.4 Å². The topological polar surface area (TPSA) is 41.6 Å². The molecule has 0 aliphatic rings. The number of hydrogen-bond donors (Lipinski definition) is 1. The molecule has 0 spiro atoms. The van der Waals surface area contributed by atoms with Crippen LogP contribution in [0.3, 0.4) is 0 Å². The Kier molecular flexibility index (Phi) is 2.30. The second kappa shape index (κ2) is 3.45. The number of aryl methyl sites for hydroxylation is 1. The minimum absolute atomic E-state index is 0.766. The molecular weight excluding hydrogens is 277 g/mol. The molecule has 0 atom stereocenters. The van der Waals surface area contributed by atoms with Gasteiger partial charge in [-0.2, -0.15) is 5.10 Å². The Morgan fingerprint density at radius 2 is 2.08 bits per heavy atom. The van der Waals surface area contributed by atoms with E-state index in [1.54, 1.807) is 0 Å². The van der Waals surface area contributed by atoms with E-state index in [1.807, 2.05) is 31.2 Å². The van der Waals surface area contributed by atoms with Gasteiger partial charge in [0.2, 0.25) is 0 Å². The number of H-pyrrole nitrogens is 1. The van der Waals surface area contributed by atoms with Gasteiger partial charge in [-0.3, -0.25) is 5.10 Å². The van der Waals surface area contributed by atoms with Crippen molar-refractivity contribution in [1.82, 2.24) is 15.2 Å². The summed E-state index contributed by atoms with van der Waals surface area (Å²) < 4.78 is 1.17. The average molecular weight is 285 g/mol. The molecule has 0 amide bonds. The molecule has 4 heteroatoms. The van der Waals surface area contributed by atoms with Crippen molar-refractivity contribution in [3.63, 3.8) is 0 Å². The van der Waals surface area contributed by atoms with Crippen LogP contribution in [0, 0.1) is 10.5 Å². The van der Waals surface area contributed by atoms with Crippen molar-refractivity contribution in [2.75, 3.05) is 0 Å². The van der Waals surface area contributed by atoms with Gasteiger partial charge in [-0.15, -0.1) is 0 Å². The largest absolute Gasteiger partial charge is 0.263 e. The maximum Gasteiger partial charge on any atom is 0.182 e. The first-order valence-electron chi connectivity index (χ1n) is 3.91. The second-order valence-electron chi connectivity index (χ2n) is 2.72. The SMILES string of the molecule is Cc1nc(-c2ccccc2I)n[nH]1. The van der Waals surface area contributed by atoms with E-state index in [0.717, 1.165) is 17.2 Å². The summed E-state index contributed by atoms with van der Waals surface area (Å²) >= 11 is 2.28. The number of halogens is 1. The Balaban J connectivity index is 2.52. The molecule has 2 rings (SSSR count). The van der Waals surface area contributed by atoms with Crippen LogP contribution in [0.15, 0.2) is 24.3 Å². The summed E-state index contributed by atoms with van der Waals surface area (Å²) in [6, 6.07) is 8.06. The van der Waals surface area contributed by atoms with Crippen molar-refractivity contribution < 1.29 is 0 Å². The van der Waals surface area contributed by atoms with E-state index in [-0.39, 0.29) is 0 Å². The van der Waals surface area contributed by atoms with Gasteiger partial charge < -0.3 is 0 Å². The first-order valence-corrected chi connectivity index (χ1v) is 4.99. The van der Waals surface area contributed by atoms with Gasteiger partial charge in [-0.25, -0.2) is 4.98 Å². The van der Waals surface area contributed by atoms with Gasteiger partial charge in [-0.05, 0) is 35.6 Å². The molecule has 2 aromatic rings. The van der Waals surface area contributed by atoms with E-state index in [4.69, 9.17) is 0 Å². The standard InChI is InChI=1S/C9H8IN3/c1-6-11-9(13-12-6)7-4-2-3-5-8(7)10/h2-5H,1H3,(H,11,12,13). The summed E-state index contributed by atoms with van der Waals surface area (Å²) in [6.07, 6.45) is 0. The van der Waals surface area contributed by atoms with Crippen molar-refractivity contribution in [3.05, 3.63) is 33.7 Å². The fourth-order valence-electron chi connectivity index (χ4n) is 1.11. The molecule has 1 N–H and O–H groups in total. The maximum absolute atomic E-state index is 4.27. The molecular formula is C9H8IN3. The molecule has 0 aliphatic carbocycles. The van der Waals surface area contributed by atoms with Gasteiger partial charge in [0, 0.05) is 9.13 Å².